The molecule has 0 amide bonds. The Morgan fingerprint density at radius 3 is 2.94 bits per heavy atom. The number of hydroxylamine groups is 1. The molecule has 1 aromatic rings. The molecule has 1 aromatic carbocycles. The first-order valence-electron chi connectivity index (χ1n) is 5.41. The average molecular weight is 221 g/mol. The van der Waals surface area contributed by atoms with Crippen molar-refractivity contribution in [1.29, 1.82) is 0 Å². The smallest absolute Gasteiger partial charge is 0.330 e. The highest BCUT2D eigenvalue weighted by Crippen LogP contribution is 2.13. The molecular weight excluding hydrogens is 206 g/mol. The molecule has 1 saturated heterocycles. The highest BCUT2D eigenvalue weighted by Gasteiger charge is 2.25. The Morgan fingerprint density at radius 2 is 2.25 bits per heavy atom. The second-order valence-corrected chi connectivity index (χ2v) is 3.79. The summed E-state index contributed by atoms with van der Waals surface area (Å²) >= 11 is 0. The molecule has 0 spiro atoms. The molecule has 0 aromatic heterocycles. The zero-order valence-corrected chi connectivity index (χ0v) is 9.02. The third-order valence-corrected chi connectivity index (χ3v) is 2.55. The van der Waals surface area contributed by atoms with Gasteiger partial charge in [0.1, 0.15) is 0 Å². The van der Waals surface area contributed by atoms with Gasteiger partial charge >= 0.3 is 5.97 Å². The van der Waals surface area contributed by atoms with Crippen molar-refractivity contribution in [3.8, 4) is 0 Å². The Labute approximate surface area is 94.5 Å². The summed E-state index contributed by atoms with van der Waals surface area (Å²) in [4.78, 5) is 16.4. The second kappa shape index (κ2) is 5.63. The summed E-state index contributed by atoms with van der Waals surface area (Å²) in [6, 6.07) is 9.79. The summed E-state index contributed by atoms with van der Waals surface area (Å²) in [5.41, 5.74) is 3.75. The summed E-state index contributed by atoms with van der Waals surface area (Å²) in [5.74, 6) is -0.336. The van der Waals surface area contributed by atoms with Gasteiger partial charge in [0.15, 0.2) is 0 Å². The quantitative estimate of drug-likeness (QED) is 0.778. The lowest BCUT2D eigenvalue weighted by Crippen LogP contribution is -2.25. The van der Waals surface area contributed by atoms with Gasteiger partial charge in [-0.2, -0.15) is 0 Å². The average Bonchev–Trinajstić information content (AvgIpc) is 2.84. The zero-order chi connectivity index (χ0) is 11.2. The van der Waals surface area contributed by atoms with Crippen molar-refractivity contribution in [3.05, 3.63) is 35.9 Å². The lowest BCUT2D eigenvalue weighted by Gasteiger charge is -2.08. The zero-order valence-electron chi connectivity index (χ0n) is 9.02. The number of hydrogen-bond donors (Lipinski definition) is 1. The number of nitrogens with one attached hydrogen (secondary N) is 1. The van der Waals surface area contributed by atoms with Crippen molar-refractivity contribution >= 4 is 5.97 Å². The van der Waals surface area contributed by atoms with Crippen LogP contribution in [0, 0.1) is 5.92 Å². The Kier molecular flexibility index (Phi) is 3.91. The molecule has 4 heteroatoms. The van der Waals surface area contributed by atoms with Crippen LogP contribution < -0.4 is 5.48 Å². The van der Waals surface area contributed by atoms with Crippen molar-refractivity contribution < 1.29 is 14.4 Å². The summed E-state index contributed by atoms with van der Waals surface area (Å²) in [6.45, 7) is 1.66. The first kappa shape index (κ1) is 11.1. The van der Waals surface area contributed by atoms with Gasteiger partial charge in [0.25, 0.3) is 0 Å². The van der Waals surface area contributed by atoms with Gasteiger partial charge in [-0.1, -0.05) is 30.3 Å². The van der Waals surface area contributed by atoms with E-state index in [4.69, 9.17) is 9.57 Å². The highest BCUT2D eigenvalue weighted by atomic mass is 16.7. The minimum absolute atomic E-state index is 0.108. The molecule has 1 heterocycles. The largest absolute Gasteiger partial charge is 0.381 e. The lowest BCUT2D eigenvalue weighted by atomic mass is 10.1. The Bertz CT molecular complexity index is 333. The van der Waals surface area contributed by atoms with E-state index in [9.17, 15) is 4.79 Å². The molecule has 1 atom stereocenters. The Hall–Kier alpha value is -1.39. The van der Waals surface area contributed by atoms with Gasteiger partial charge in [-0.15, -0.1) is 5.48 Å². The van der Waals surface area contributed by atoms with Gasteiger partial charge in [-0.25, -0.2) is 4.79 Å². The van der Waals surface area contributed by atoms with E-state index < -0.39 is 0 Å². The number of hydrogen-bond acceptors (Lipinski definition) is 4. The predicted octanol–water partition coefficient (Wildman–Crippen LogP) is 1.27. The molecule has 86 valence electrons. The van der Waals surface area contributed by atoms with Gasteiger partial charge in [0.05, 0.1) is 19.1 Å². The fraction of sp³-hybridized carbons (Fsp3) is 0.417. The van der Waals surface area contributed by atoms with Gasteiger partial charge in [-0.05, 0) is 12.0 Å². The summed E-state index contributed by atoms with van der Waals surface area (Å²) in [6.07, 6.45) is 0.756. The van der Waals surface area contributed by atoms with Crippen LogP contribution in [-0.2, 0) is 20.9 Å². The predicted molar refractivity (Wildman–Crippen MR) is 58.3 cm³/mol. The van der Waals surface area contributed by atoms with Crippen molar-refractivity contribution in [2.75, 3.05) is 13.2 Å². The molecule has 1 aliphatic heterocycles. The Morgan fingerprint density at radius 1 is 1.44 bits per heavy atom. The third-order valence-electron chi connectivity index (χ3n) is 2.55. The van der Waals surface area contributed by atoms with Crippen LogP contribution in [0.25, 0.3) is 0 Å². The van der Waals surface area contributed by atoms with Crippen LogP contribution in [0.1, 0.15) is 12.0 Å². The maximum Gasteiger partial charge on any atom is 0.330 e. The lowest BCUT2D eigenvalue weighted by molar-refractivity contribution is -0.156. The van der Waals surface area contributed by atoms with Gasteiger partial charge in [0.2, 0.25) is 0 Å². The van der Waals surface area contributed by atoms with E-state index in [0.717, 1.165) is 12.0 Å². The standard InChI is InChI=1S/C12H15NO3/c14-12(11-6-7-15-9-11)16-13-8-10-4-2-1-3-5-10/h1-5,11,13H,6-9H2. The van der Waals surface area contributed by atoms with Crippen LogP contribution in [-0.4, -0.2) is 19.2 Å². The van der Waals surface area contributed by atoms with Gasteiger partial charge < -0.3 is 9.57 Å². The van der Waals surface area contributed by atoms with E-state index in [0.29, 0.717) is 19.8 Å². The van der Waals surface area contributed by atoms with Crippen LogP contribution in [0.4, 0.5) is 0 Å². The normalized spacial score (nSPS) is 19.6. The Balaban J connectivity index is 1.70. The highest BCUT2D eigenvalue weighted by molar-refractivity contribution is 5.72. The van der Waals surface area contributed by atoms with Crippen molar-refractivity contribution in [1.82, 2.24) is 5.48 Å². The van der Waals surface area contributed by atoms with E-state index in [-0.39, 0.29) is 11.9 Å². The molecule has 16 heavy (non-hydrogen) atoms. The van der Waals surface area contributed by atoms with Gasteiger partial charge in [0, 0.05) is 6.61 Å². The first-order valence-corrected chi connectivity index (χ1v) is 5.41. The topological polar surface area (TPSA) is 47.6 Å². The van der Waals surface area contributed by atoms with E-state index in [1.807, 2.05) is 30.3 Å². The molecule has 0 radical (unpaired) electrons. The van der Waals surface area contributed by atoms with E-state index in [1.165, 1.54) is 0 Å². The molecule has 1 unspecified atom stereocenters. The molecular formula is C12H15NO3. The maximum absolute atomic E-state index is 11.5. The van der Waals surface area contributed by atoms with E-state index in [2.05, 4.69) is 5.48 Å². The number of carbonyl (C=O) groups is 1. The van der Waals surface area contributed by atoms with Crippen molar-refractivity contribution in [2.45, 2.75) is 13.0 Å². The molecule has 0 aliphatic carbocycles. The van der Waals surface area contributed by atoms with Crippen LogP contribution in [0.3, 0.4) is 0 Å². The van der Waals surface area contributed by atoms with Crippen molar-refractivity contribution in [2.24, 2.45) is 5.92 Å². The molecule has 1 N–H and O–H groups in total. The van der Waals surface area contributed by atoms with E-state index in [1.54, 1.807) is 0 Å². The van der Waals surface area contributed by atoms with Crippen LogP contribution in [0.15, 0.2) is 30.3 Å². The van der Waals surface area contributed by atoms with Crippen LogP contribution in [0.2, 0.25) is 0 Å². The fourth-order valence-corrected chi connectivity index (χ4v) is 1.59. The van der Waals surface area contributed by atoms with Crippen LogP contribution in [0.5, 0.6) is 0 Å². The fourth-order valence-electron chi connectivity index (χ4n) is 1.59. The number of rotatable bonds is 4. The molecule has 1 fully saturated rings. The number of benzene rings is 1. The summed E-state index contributed by atoms with van der Waals surface area (Å²) in [7, 11) is 0. The SMILES string of the molecule is O=C(ONCc1ccccc1)C1CCOC1. The minimum atomic E-state index is -0.228. The summed E-state index contributed by atoms with van der Waals surface area (Å²) < 4.78 is 5.11. The minimum Gasteiger partial charge on any atom is -0.381 e. The summed E-state index contributed by atoms with van der Waals surface area (Å²) in [5, 5.41) is 0. The number of ether oxygens (including phenoxy) is 1. The van der Waals surface area contributed by atoms with Crippen LogP contribution >= 0.6 is 0 Å². The molecule has 0 bridgehead atoms. The monoisotopic (exact) mass is 221 g/mol. The molecule has 2 rings (SSSR count). The third kappa shape index (κ3) is 3.05. The molecule has 4 nitrogen and oxygen atoms in total. The first-order chi connectivity index (χ1) is 7.86. The van der Waals surface area contributed by atoms with E-state index >= 15 is 0 Å². The van der Waals surface area contributed by atoms with Gasteiger partial charge in [-0.3, -0.25) is 0 Å². The molecule has 1 aliphatic rings. The van der Waals surface area contributed by atoms with Crippen molar-refractivity contribution in [3.63, 3.8) is 0 Å². The maximum atomic E-state index is 11.5. The molecule has 0 saturated carbocycles. The second-order valence-electron chi connectivity index (χ2n) is 3.79. The number of carbonyl (C=O) groups excluding carboxylic acids is 1.